The number of aryl methyl sites for hydroxylation is 1. The number of hydrogen-bond donors (Lipinski definition) is 5. The molecule has 0 saturated carbocycles. The molecule has 0 radical (unpaired) electrons. The van der Waals surface area contributed by atoms with Crippen molar-refractivity contribution in [2.75, 3.05) is 16.8 Å². The van der Waals surface area contributed by atoms with E-state index >= 15 is 0 Å². The first kappa shape index (κ1) is 22.2. The Kier molecular flexibility index (Phi) is 6.86. The van der Waals surface area contributed by atoms with Crippen molar-refractivity contribution in [1.29, 1.82) is 0 Å². The highest BCUT2D eigenvalue weighted by Gasteiger charge is 2.18. The number of carboxylic acid groups (broad SMARTS) is 1. The summed E-state index contributed by atoms with van der Waals surface area (Å²) in [6.07, 6.45) is 2.35. The molecule has 0 bridgehead atoms. The van der Waals surface area contributed by atoms with Crippen molar-refractivity contribution in [3.63, 3.8) is 0 Å². The van der Waals surface area contributed by atoms with E-state index in [1.54, 1.807) is 6.20 Å². The second kappa shape index (κ2) is 9.57. The van der Waals surface area contributed by atoms with Gasteiger partial charge in [-0.1, -0.05) is 26.0 Å². The van der Waals surface area contributed by atoms with Gasteiger partial charge in [0.1, 0.15) is 11.9 Å². The molecule has 1 aromatic carbocycles. The maximum atomic E-state index is 11.4. The Balaban J connectivity index is 1.63. The van der Waals surface area contributed by atoms with Gasteiger partial charge >= 0.3 is 5.97 Å². The average Bonchev–Trinajstić information content (AvgIpc) is 2.70. The average molecular weight is 424 g/mol. The number of aliphatic carboxylic acids is 1. The molecule has 164 valence electrons. The number of nitrogens with two attached hydrogens (primary N) is 2. The van der Waals surface area contributed by atoms with Crippen molar-refractivity contribution in [3.8, 4) is 0 Å². The summed E-state index contributed by atoms with van der Waals surface area (Å²) in [4.78, 5) is 23.9. The number of carboxylic acids is 1. The molecule has 0 fully saturated rings. The van der Waals surface area contributed by atoms with Crippen LogP contribution >= 0.6 is 0 Å². The minimum Gasteiger partial charge on any atom is -0.480 e. The zero-order valence-corrected chi connectivity index (χ0v) is 18.0. The van der Waals surface area contributed by atoms with Crippen LogP contribution in [0.15, 0.2) is 30.5 Å². The van der Waals surface area contributed by atoms with Crippen LogP contribution in [-0.4, -0.2) is 32.1 Å². The molecule has 9 heteroatoms. The lowest BCUT2D eigenvalue weighted by Crippen LogP contribution is -2.37. The first-order valence-corrected chi connectivity index (χ1v) is 10.2. The Morgan fingerprint density at radius 2 is 1.84 bits per heavy atom. The summed E-state index contributed by atoms with van der Waals surface area (Å²) < 4.78 is 0. The smallest absolute Gasteiger partial charge is 0.320 e. The van der Waals surface area contributed by atoms with Crippen LogP contribution in [0, 0.1) is 12.8 Å². The summed E-state index contributed by atoms with van der Waals surface area (Å²) in [5.74, 6) is -0.0767. The lowest BCUT2D eigenvalue weighted by Gasteiger charge is -2.16. The fraction of sp³-hybridized carbons (Fsp3) is 0.364. The number of pyridine rings is 1. The van der Waals surface area contributed by atoms with Crippen molar-refractivity contribution in [2.45, 2.75) is 46.3 Å². The lowest BCUT2D eigenvalue weighted by molar-refractivity contribution is -0.140. The summed E-state index contributed by atoms with van der Waals surface area (Å²) >= 11 is 0. The van der Waals surface area contributed by atoms with Crippen LogP contribution in [0.4, 0.5) is 17.5 Å². The van der Waals surface area contributed by atoms with Crippen LogP contribution in [0.25, 0.3) is 11.0 Å². The Bertz CT molecular complexity index is 1070. The maximum Gasteiger partial charge on any atom is 0.320 e. The van der Waals surface area contributed by atoms with E-state index in [-0.39, 0.29) is 5.95 Å². The summed E-state index contributed by atoms with van der Waals surface area (Å²) in [5, 5.41) is 16.5. The predicted molar refractivity (Wildman–Crippen MR) is 122 cm³/mol. The molecule has 3 aromatic rings. The molecule has 9 nitrogen and oxygen atoms in total. The van der Waals surface area contributed by atoms with Gasteiger partial charge in [-0.05, 0) is 48.1 Å². The second-order valence-electron chi connectivity index (χ2n) is 8.03. The van der Waals surface area contributed by atoms with Gasteiger partial charge in [0, 0.05) is 25.0 Å². The number of nitrogens with one attached hydrogen (secondary N) is 2. The Morgan fingerprint density at radius 3 is 2.48 bits per heavy atom. The SMILES string of the molecule is Cc1c(CNc2ccc(CNC(CC(C)C)C(=O)O)cc2)cnc2nc(N)nc(N)c12. The number of anilines is 3. The molecule has 31 heavy (non-hydrogen) atoms. The highest BCUT2D eigenvalue weighted by molar-refractivity contribution is 5.90. The topological polar surface area (TPSA) is 152 Å². The van der Waals surface area contributed by atoms with Gasteiger partial charge in [0.15, 0.2) is 5.65 Å². The third-order valence-electron chi connectivity index (χ3n) is 5.13. The zero-order chi connectivity index (χ0) is 22.5. The zero-order valence-electron chi connectivity index (χ0n) is 18.0. The quantitative estimate of drug-likeness (QED) is 0.350. The highest BCUT2D eigenvalue weighted by atomic mass is 16.4. The number of aromatic nitrogens is 3. The van der Waals surface area contributed by atoms with Crippen LogP contribution < -0.4 is 22.1 Å². The summed E-state index contributed by atoms with van der Waals surface area (Å²) in [7, 11) is 0. The molecule has 0 aliphatic rings. The van der Waals surface area contributed by atoms with E-state index in [1.807, 2.05) is 45.0 Å². The minimum absolute atomic E-state index is 0.108. The molecular weight excluding hydrogens is 394 g/mol. The van der Waals surface area contributed by atoms with E-state index < -0.39 is 12.0 Å². The normalized spacial score (nSPS) is 12.3. The van der Waals surface area contributed by atoms with Gasteiger partial charge in [-0.15, -0.1) is 0 Å². The number of carbonyl (C=O) groups is 1. The molecule has 7 N–H and O–H groups in total. The summed E-state index contributed by atoms with van der Waals surface area (Å²) in [6.45, 7) is 7.05. The van der Waals surface area contributed by atoms with Gasteiger partial charge in [0.25, 0.3) is 0 Å². The largest absolute Gasteiger partial charge is 0.480 e. The highest BCUT2D eigenvalue weighted by Crippen LogP contribution is 2.24. The van der Waals surface area contributed by atoms with E-state index in [0.717, 1.165) is 22.4 Å². The summed E-state index contributed by atoms with van der Waals surface area (Å²) in [5.41, 5.74) is 16.1. The Labute approximate surface area is 181 Å². The van der Waals surface area contributed by atoms with Gasteiger partial charge in [-0.25, -0.2) is 4.98 Å². The third kappa shape index (κ3) is 5.58. The van der Waals surface area contributed by atoms with Crippen LogP contribution in [0.1, 0.15) is 37.0 Å². The number of nitrogen functional groups attached to an aromatic ring is 2. The third-order valence-corrected chi connectivity index (χ3v) is 5.13. The molecule has 1 atom stereocenters. The fourth-order valence-electron chi connectivity index (χ4n) is 3.43. The van der Waals surface area contributed by atoms with E-state index in [0.29, 0.717) is 42.3 Å². The Morgan fingerprint density at radius 1 is 1.13 bits per heavy atom. The first-order chi connectivity index (χ1) is 14.7. The van der Waals surface area contributed by atoms with Crippen LogP contribution in [0.3, 0.4) is 0 Å². The molecule has 0 aliphatic heterocycles. The van der Waals surface area contributed by atoms with Crippen molar-refractivity contribution >= 4 is 34.5 Å². The maximum absolute atomic E-state index is 11.4. The number of rotatable bonds is 9. The van der Waals surface area contributed by atoms with Crippen molar-refractivity contribution in [1.82, 2.24) is 20.3 Å². The van der Waals surface area contributed by atoms with Crippen molar-refractivity contribution < 1.29 is 9.90 Å². The standard InChI is InChI=1S/C22H29N7O2/c1-12(2)8-17(21(30)31)26-9-14-4-6-16(7-5-14)25-10-15-11-27-20-18(13(15)3)19(23)28-22(24)29-20/h4-7,11-12,17,25-26H,8-10H2,1-3H3,(H,30,31)(H4,23,24,27,28,29). The van der Waals surface area contributed by atoms with Gasteiger partial charge < -0.3 is 27.2 Å². The lowest BCUT2D eigenvalue weighted by atomic mass is 10.0. The minimum atomic E-state index is -0.819. The molecule has 0 aliphatic carbocycles. The molecular formula is C22H29N7O2. The molecule has 0 amide bonds. The predicted octanol–water partition coefficient (Wildman–Crippen LogP) is 2.70. The number of nitrogens with zero attached hydrogens (tertiary/aromatic N) is 3. The molecule has 0 spiro atoms. The van der Waals surface area contributed by atoms with E-state index in [4.69, 9.17) is 11.5 Å². The van der Waals surface area contributed by atoms with E-state index in [1.165, 1.54) is 0 Å². The van der Waals surface area contributed by atoms with E-state index in [2.05, 4.69) is 25.6 Å². The Hall–Kier alpha value is -3.46. The van der Waals surface area contributed by atoms with Gasteiger partial charge in [0.05, 0.1) is 5.39 Å². The molecule has 0 saturated heterocycles. The number of fused-ring (bicyclic) bond motifs is 1. The van der Waals surface area contributed by atoms with Crippen LogP contribution in [-0.2, 0) is 17.9 Å². The fourth-order valence-corrected chi connectivity index (χ4v) is 3.43. The number of hydrogen-bond acceptors (Lipinski definition) is 8. The number of benzene rings is 1. The molecule has 1 unspecified atom stereocenters. The van der Waals surface area contributed by atoms with Gasteiger partial charge in [-0.3, -0.25) is 4.79 Å². The molecule has 2 heterocycles. The second-order valence-corrected chi connectivity index (χ2v) is 8.03. The first-order valence-electron chi connectivity index (χ1n) is 10.2. The molecule has 3 rings (SSSR count). The van der Waals surface area contributed by atoms with Crippen LogP contribution in [0.5, 0.6) is 0 Å². The monoisotopic (exact) mass is 423 g/mol. The van der Waals surface area contributed by atoms with Gasteiger partial charge in [-0.2, -0.15) is 9.97 Å². The van der Waals surface area contributed by atoms with Crippen LogP contribution in [0.2, 0.25) is 0 Å². The molecule has 2 aromatic heterocycles. The summed E-state index contributed by atoms with van der Waals surface area (Å²) in [6, 6.07) is 7.34. The van der Waals surface area contributed by atoms with Crippen molar-refractivity contribution in [2.24, 2.45) is 5.92 Å². The van der Waals surface area contributed by atoms with E-state index in [9.17, 15) is 9.90 Å². The van der Waals surface area contributed by atoms with Gasteiger partial charge in [0.2, 0.25) is 5.95 Å². The van der Waals surface area contributed by atoms with Crippen molar-refractivity contribution in [3.05, 3.63) is 47.2 Å².